The Kier molecular flexibility index (Phi) is 7.88. The van der Waals surface area contributed by atoms with E-state index in [4.69, 9.17) is 26.1 Å². The Morgan fingerprint density at radius 1 is 0.674 bits per heavy atom. The quantitative estimate of drug-likeness (QED) is 0.447. The van der Waals surface area contributed by atoms with Crippen LogP contribution in [0.25, 0.3) is 0 Å². The van der Waals surface area contributed by atoms with Crippen LogP contribution in [-0.4, -0.2) is 99.8 Å². The van der Waals surface area contributed by atoms with Gasteiger partial charge >= 0.3 is 0 Å². The number of ether oxygens (including phenoxy) is 2. The molecule has 2 aromatic heterocycles. The number of hydrogen-bond acceptors (Lipinski definition) is 10. The first-order valence-electron chi connectivity index (χ1n) is 16.6. The monoisotopic (exact) mass is 608 g/mol. The number of anilines is 5. The van der Waals surface area contributed by atoms with Crippen molar-refractivity contribution in [2.75, 3.05) is 90.9 Å². The van der Waals surface area contributed by atoms with Crippen LogP contribution in [0, 0.1) is 11.8 Å². The second-order valence-electron chi connectivity index (χ2n) is 13.3. The van der Waals surface area contributed by atoms with Crippen LogP contribution in [0.5, 0.6) is 0 Å². The molecule has 4 atom stereocenters. The van der Waals surface area contributed by atoms with E-state index in [1.54, 1.807) is 0 Å². The molecule has 0 spiro atoms. The molecule has 0 radical (unpaired) electrons. The van der Waals surface area contributed by atoms with Gasteiger partial charge in [0.05, 0.1) is 36.8 Å². The van der Waals surface area contributed by atoms with Gasteiger partial charge in [0.1, 0.15) is 11.0 Å². The third kappa shape index (κ3) is 6.34. The van der Waals surface area contributed by atoms with Crippen LogP contribution in [0.1, 0.15) is 38.5 Å². The van der Waals surface area contributed by atoms with Gasteiger partial charge in [-0.05, 0) is 74.6 Å². The highest BCUT2D eigenvalue weighted by Crippen LogP contribution is 2.39. The summed E-state index contributed by atoms with van der Waals surface area (Å²) >= 11 is 5.82. The average Bonchev–Trinajstić information content (AvgIpc) is 3.99. The van der Waals surface area contributed by atoms with Crippen molar-refractivity contribution in [2.45, 2.75) is 62.8 Å². The first kappa shape index (κ1) is 28.0. The van der Waals surface area contributed by atoms with Crippen LogP contribution >= 0.6 is 11.6 Å². The van der Waals surface area contributed by atoms with E-state index in [-0.39, 0.29) is 0 Å². The molecule has 2 unspecified atom stereocenters. The maximum Gasteiger partial charge on any atom is 0.152 e. The van der Waals surface area contributed by atoms with Crippen molar-refractivity contribution in [1.29, 1.82) is 0 Å². The van der Waals surface area contributed by atoms with Gasteiger partial charge < -0.3 is 40.1 Å². The minimum absolute atomic E-state index is 0.421. The predicted octanol–water partition coefficient (Wildman–Crippen LogP) is 3.83. The van der Waals surface area contributed by atoms with Crippen LogP contribution in [0.3, 0.4) is 0 Å². The highest BCUT2D eigenvalue weighted by atomic mass is 35.5. The fraction of sp³-hybridized carbons (Fsp3) is 0.688. The van der Waals surface area contributed by atoms with Gasteiger partial charge in [-0.3, -0.25) is 0 Å². The SMILES string of the molecule is C1COC(C2CC2)CN1.Clc1ccc2c(n1)N[C@H]1CCN2C1.c1cc2c(nc1N1CCOC(C3CC3)C1)N[C@H]1CCN2C1. The molecule has 3 N–H and O–H groups in total. The molecule has 2 saturated carbocycles. The van der Waals surface area contributed by atoms with E-state index in [9.17, 15) is 0 Å². The maximum absolute atomic E-state index is 5.92. The fourth-order valence-corrected chi connectivity index (χ4v) is 7.49. The smallest absolute Gasteiger partial charge is 0.152 e. The average molecular weight is 609 g/mol. The summed E-state index contributed by atoms with van der Waals surface area (Å²) in [6.45, 7) is 10.4. The summed E-state index contributed by atoms with van der Waals surface area (Å²) in [5.74, 6) is 4.83. The number of nitrogens with one attached hydrogen (secondary N) is 3. The lowest BCUT2D eigenvalue weighted by Crippen LogP contribution is -2.44. The molecule has 4 saturated heterocycles. The zero-order chi connectivity index (χ0) is 28.8. The molecule has 6 fully saturated rings. The second kappa shape index (κ2) is 12.1. The van der Waals surface area contributed by atoms with Crippen LogP contribution < -0.4 is 30.7 Å². The van der Waals surface area contributed by atoms with Crippen molar-refractivity contribution in [2.24, 2.45) is 11.8 Å². The lowest BCUT2D eigenvalue weighted by molar-refractivity contribution is 0.0149. The van der Waals surface area contributed by atoms with Crippen molar-refractivity contribution in [1.82, 2.24) is 15.3 Å². The van der Waals surface area contributed by atoms with Crippen molar-refractivity contribution >= 4 is 40.4 Å². The van der Waals surface area contributed by atoms with Crippen molar-refractivity contribution < 1.29 is 9.47 Å². The summed E-state index contributed by atoms with van der Waals surface area (Å²) in [5.41, 5.74) is 2.47. The minimum atomic E-state index is 0.421. The Bertz CT molecular complexity index is 1290. The van der Waals surface area contributed by atoms with E-state index in [2.05, 4.69) is 47.8 Å². The number of nitrogens with zero attached hydrogens (tertiary/aromatic N) is 5. The summed E-state index contributed by atoms with van der Waals surface area (Å²) in [7, 11) is 0. The van der Waals surface area contributed by atoms with Gasteiger partial charge in [0.2, 0.25) is 0 Å². The molecule has 10 nitrogen and oxygen atoms in total. The molecule has 4 bridgehead atoms. The first-order valence-corrected chi connectivity index (χ1v) is 16.9. The third-order valence-corrected chi connectivity index (χ3v) is 10.3. The number of aromatic nitrogens is 2. The van der Waals surface area contributed by atoms with Gasteiger partial charge in [0.15, 0.2) is 11.6 Å². The molecule has 10 rings (SSSR count). The van der Waals surface area contributed by atoms with Gasteiger partial charge in [-0.15, -0.1) is 0 Å². The Morgan fingerprint density at radius 2 is 1.33 bits per heavy atom. The molecule has 0 amide bonds. The Morgan fingerprint density at radius 3 is 2.00 bits per heavy atom. The topological polar surface area (TPSA) is 90.0 Å². The van der Waals surface area contributed by atoms with E-state index in [0.717, 1.165) is 94.9 Å². The maximum atomic E-state index is 5.92. The lowest BCUT2D eigenvalue weighted by atomic mass is 10.2. The zero-order valence-corrected chi connectivity index (χ0v) is 25.8. The fourth-order valence-electron chi connectivity index (χ4n) is 7.34. The van der Waals surface area contributed by atoms with Crippen molar-refractivity contribution in [3.63, 3.8) is 0 Å². The molecule has 8 aliphatic rings. The summed E-state index contributed by atoms with van der Waals surface area (Å²) in [5, 5.41) is 10.9. The Balaban J connectivity index is 0.000000107. The summed E-state index contributed by atoms with van der Waals surface area (Å²) < 4.78 is 11.5. The molecule has 2 aromatic rings. The van der Waals surface area contributed by atoms with Crippen LogP contribution in [0.4, 0.5) is 28.8 Å². The van der Waals surface area contributed by atoms with Crippen LogP contribution in [-0.2, 0) is 9.47 Å². The number of halogens is 1. The highest BCUT2D eigenvalue weighted by Gasteiger charge is 2.37. The minimum Gasteiger partial charge on any atom is -0.375 e. The normalized spacial score (nSPS) is 30.1. The molecular weight excluding hydrogens is 564 g/mol. The van der Waals surface area contributed by atoms with Gasteiger partial charge in [-0.2, -0.15) is 0 Å². The molecule has 0 aromatic carbocycles. The summed E-state index contributed by atoms with van der Waals surface area (Å²) in [6, 6.07) is 9.48. The largest absolute Gasteiger partial charge is 0.375 e. The predicted molar refractivity (Wildman–Crippen MR) is 172 cm³/mol. The van der Waals surface area contributed by atoms with Crippen LogP contribution in [0.15, 0.2) is 24.3 Å². The summed E-state index contributed by atoms with van der Waals surface area (Å²) in [6.07, 6.45) is 8.88. The third-order valence-electron chi connectivity index (χ3n) is 10.1. The molecule has 232 valence electrons. The lowest BCUT2D eigenvalue weighted by Gasteiger charge is -2.35. The molecule has 2 aliphatic carbocycles. The van der Waals surface area contributed by atoms with E-state index in [1.165, 1.54) is 49.9 Å². The Hall–Kier alpha value is -2.53. The molecule has 6 aliphatic heterocycles. The first-order chi connectivity index (χ1) is 21.2. The summed E-state index contributed by atoms with van der Waals surface area (Å²) in [4.78, 5) is 16.4. The number of rotatable bonds is 3. The van der Waals surface area contributed by atoms with Gasteiger partial charge in [0, 0.05) is 64.4 Å². The number of morpholine rings is 2. The van der Waals surface area contributed by atoms with Gasteiger partial charge in [-0.1, -0.05) is 11.6 Å². The van der Waals surface area contributed by atoms with E-state index >= 15 is 0 Å². The number of pyridine rings is 2. The number of fused-ring (bicyclic) bond motifs is 8. The Labute approximate surface area is 259 Å². The van der Waals surface area contributed by atoms with Gasteiger partial charge in [0.25, 0.3) is 0 Å². The molecule has 11 heteroatoms. The molecule has 43 heavy (non-hydrogen) atoms. The second-order valence-corrected chi connectivity index (χ2v) is 13.7. The standard InChI is InChI=1S/C16H22N4O.C9H10ClN3.C7H13NO/c1-2-11(1)14-10-20(7-8-21-14)15-4-3-13-16(18-15)17-12-5-6-19(13)9-12;10-8-2-1-7-9(12-8)11-6-3-4-13(7)5-6;1-2-6(1)7-5-8-3-4-9-7/h3-4,11-12,14H,1-2,5-10H2,(H,17,18);1-2,6H,3-5H2,(H,11,12);6-8H,1-5H2/t12-,14?;6-;/m00./s1. The van der Waals surface area contributed by atoms with Crippen molar-refractivity contribution in [3.05, 3.63) is 29.4 Å². The van der Waals surface area contributed by atoms with Crippen molar-refractivity contribution in [3.8, 4) is 0 Å². The van der Waals surface area contributed by atoms with E-state index < -0.39 is 0 Å². The molecule has 8 heterocycles. The van der Waals surface area contributed by atoms with E-state index in [0.29, 0.717) is 29.4 Å². The van der Waals surface area contributed by atoms with Gasteiger partial charge in [-0.25, -0.2) is 9.97 Å². The van der Waals surface area contributed by atoms with E-state index in [1.807, 2.05) is 12.1 Å². The zero-order valence-electron chi connectivity index (χ0n) is 25.0. The van der Waals surface area contributed by atoms with Crippen LogP contribution in [0.2, 0.25) is 5.15 Å². The highest BCUT2D eigenvalue weighted by molar-refractivity contribution is 6.29. The number of hydrogen-bond donors (Lipinski definition) is 3. The molecular formula is C32H45ClN8O2.